The molecule has 0 aliphatic carbocycles. The standard InChI is InChI=1S/C15H23N7O/c16-15-19-13-12(17-10-18-13)14(20-15)22-3-1-11(2-4-22)9-21-5-7-23-8-6-21/h10-11H,1-9H2,(H3,16,17,18,19,20). The summed E-state index contributed by atoms with van der Waals surface area (Å²) in [6.45, 7) is 7.06. The second kappa shape index (κ2) is 6.29. The van der Waals surface area contributed by atoms with Gasteiger partial charge in [-0.1, -0.05) is 0 Å². The number of hydrogen-bond donors (Lipinski definition) is 2. The molecule has 0 amide bonds. The van der Waals surface area contributed by atoms with Crippen LogP contribution in [-0.2, 0) is 4.74 Å². The number of nitrogens with two attached hydrogens (primary N) is 1. The Morgan fingerprint density at radius 2 is 1.96 bits per heavy atom. The van der Waals surface area contributed by atoms with E-state index in [2.05, 4.69) is 29.7 Å². The van der Waals surface area contributed by atoms with Crippen LogP contribution in [0.4, 0.5) is 11.8 Å². The minimum atomic E-state index is 0.287. The maximum Gasteiger partial charge on any atom is 0.224 e. The van der Waals surface area contributed by atoms with E-state index in [-0.39, 0.29) is 5.95 Å². The van der Waals surface area contributed by atoms with Crippen molar-refractivity contribution in [1.29, 1.82) is 0 Å². The van der Waals surface area contributed by atoms with Crippen LogP contribution in [0.1, 0.15) is 12.8 Å². The fraction of sp³-hybridized carbons (Fsp3) is 0.667. The lowest BCUT2D eigenvalue weighted by molar-refractivity contribution is 0.0289. The van der Waals surface area contributed by atoms with E-state index < -0.39 is 0 Å². The summed E-state index contributed by atoms with van der Waals surface area (Å²) in [6.07, 6.45) is 4.00. The van der Waals surface area contributed by atoms with Crippen molar-refractivity contribution in [3.63, 3.8) is 0 Å². The number of hydrogen-bond acceptors (Lipinski definition) is 7. The fourth-order valence-corrected chi connectivity index (χ4v) is 3.54. The molecule has 0 saturated carbocycles. The third kappa shape index (κ3) is 3.09. The van der Waals surface area contributed by atoms with Crippen LogP contribution in [0.15, 0.2) is 6.33 Å². The molecule has 2 aromatic rings. The molecule has 3 N–H and O–H groups in total. The number of anilines is 2. The number of fused-ring (bicyclic) bond motifs is 1. The van der Waals surface area contributed by atoms with Gasteiger partial charge in [0.1, 0.15) is 5.52 Å². The van der Waals surface area contributed by atoms with Crippen LogP contribution in [0.3, 0.4) is 0 Å². The minimum Gasteiger partial charge on any atom is -0.379 e. The van der Waals surface area contributed by atoms with E-state index in [1.165, 1.54) is 19.4 Å². The average molecular weight is 317 g/mol. The normalized spacial score (nSPS) is 21.1. The van der Waals surface area contributed by atoms with Crippen LogP contribution >= 0.6 is 0 Å². The number of rotatable bonds is 3. The molecule has 0 spiro atoms. The molecule has 2 aliphatic rings. The molecule has 8 nitrogen and oxygen atoms in total. The largest absolute Gasteiger partial charge is 0.379 e. The summed E-state index contributed by atoms with van der Waals surface area (Å²) in [5.74, 6) is 1.92. The van der Waals surface area contributed by atoms with Gasteiger partial charge in [0, 0.05) is 32.7 Å². The monoisotopic (exact) mass is 317 g/mol. The Morgan fingerprint density at radius 1 is 1.17 bits per heavy atom. The second-order valence-corrected chi connectivity index (χ2v) is 6.35. The van der Waals surface area contributed by atoms with Crippen LogP contribution in [0.2, 0.25) is 0 Å². The van der Waals surface area contributed by atoms with Crippen molar-refractivity contribution < 1.29 is 4.74 Å². The smallest absolute Gasteiger partial charge is 0.224 e. The number of ether oxygens (including phenoxy) is 1. The molecule has 2 aliphatic heterocycles. The highest BCUT2D eigenvalue weighted by Crippen LogP contribution is 2.27. The number of aromatic amines is 1. The zero-order valence-electron chi connectivity index (χ0n) is 13.2. The third-order valence-corrected chi connectivity index (χ3v) is 4.82. The summed E-state index contributed by atoms with van der Waals surface area (Å²) in [5, 5.41) is 0. The zero-order valence-corrected chi connectivity index (χ0v) is 13.2. The fourth-order valence-electron chi connectivity index (χ4n) is 3.54. The second-order valence-electron chi connectivity index (χ2n) is 6.35. The van der Waals surface area contributed by atoms with Gasteiger partial charge in [0.05, 0.1) is 19.5 Å². The van der Waals surface area contributed by atoms with Crippen molar-refractivity contribution in [2.75, 3.05) is 56.6 Å². The van der Waals surface area contributed by atoms with Crippen molar-refractivity contribution in [2.45, 2.75) is 12.8 Å². The van der Waals surface area contributed by atoms with Crippen LogP contribution in [0, 0.1) is 5.92 Å². The van der Waals surface area contributed by atoms with E-state index in [9.17, 15) is 0 Å². The molecule has 0 aromatic carbocycles. The molecule has 23 heavy (non-hydrogen) atoms. The van der Waals surface area contributed by atoms with Crippen LogP contribution in [0.5, 0.6) is 0 Å². The molecule has 2 fully saturated rings. The Balaban J connectivity index is 1.41. The van der Waals surface area contributed by atoms with Crippen molar-refractivity contribution in [2.24, 2.45) is 5.92 Å². The summed E-state index contributed by atoms with van der Waals surface area (Å²) in [4.78, 5) is 20.8. The maximum absolute atomic E-state index is 5.82. The summed E-state index contributed by atoms with van der Waals surface area (Å²) < 4.78 is 5.42. The summed E-state index contributed by atoms with van der Waals surface area (Å²) in [7, 11) is 0. The number of nitrogens with zero attached hydrogens (tertiary/aromatic N) is 5. The topological polar surface area (TPSA) is 96.2 Å². The average Bonchev–Trinajstić information content (AvgIpc) is 3.04. The van der Waals surface area contributed by atoms with Crippen molar-refractivity contribution >= 4 is 22.9 Å². The first kappa shape index (κ1) is 14.6. The Morgan fingerprint density at radius 3 is 2.74 bits per heavy atom. The molecule has 4 heterocycles. The van der Waals surface area contributed by atoms with Gasteiger partial charge in [0.25, 0.3) is 0 Å². The van der Waals surface area contributed by atoms with Gasteiger partial charge in [0.15, 0.2) is 11.5 Å². The predicted octanol–water partition coefficient (Wildman–Crippen LogP) is 0.484. The van der Waals surface area contributed by atoms with E-state index in [0.717, 1.165) is 56.6 Å². The number of morpholine rings is 1. The van der Waals surface area contributed by atoms with Crippen molar-refractivity contribution in [3.8, 4) is 0 Å². The lowest BCUT2D eigenvalue weighted by Gasteiger charge is -2.36. The molecule has 124 valence electrons. The molecule has 4 rings (SSSR count). The van der Waals surface area contributed by atoms with Gasteiger partial charge in [0.2, 0.25) is 5.95 Å². The van der Waals surface area contributed by atoms with Crippen molar-refractivity contribution in [3.05, 3.63) is 6.33 Å². The lowest BCUT2D eigenvalue weighted by atomic mass is 9.96. The molecular formula is C15H23N7O. The lowest BCUT2D eigenvalue weighted by Crippen LogP contribution is -2.43. The van der Waals surface area contributed by atoms with Crippen LogP contribution < -0.4 is 10.6 Å². The molecule has 0 bridgehead atoms. The van der Waals surface area contributed by atoms with E-state index in [1.807, 2.05) is 0 Å². The number of imidazole rings is 1. The maximum atomic E-state index is 5.82. The zero-order chi connectivity index (χ0) is 15.6. The first-order valence-electron chi connectivity index (χ1n) is 8.31. The van der Waals surface area contributed by atoms with E-state index in [4.69, 9.17) is 10.5 Å². The van der Waals surface area contributed by atoms with Gasteiger partial charge in [-0.3, -0.25) is 4.90 Å². The summed E-state index contributed by atoms with van der Waals surface area (Å²) in [6, 6.07) is 0. The third-order valence-electron chi connectivity index (χ3n) is 4.82. The first-order chi connectivity index (χ1) is 11.3. The Labute approximate surface area is 135 Å². The molecule has 8 heteroatoms. The number of H-pyrrole nitrogens is 1. The van der Waals surface area contributed by atoms with Gasteiger partial charge in [-0.2, -0.15) is 9.97 Å². The number of nitrogen functional groups attached to an aromatic ring is 1. The highest BCUT2D eigenvalue weighted by atomic mass is 16.5. The molecule has 2 saturated heterocycles. The molecular weight excluding hydrogens is 294 g/mol. The van der Waals surface area contributed by atoms with E-state index in [1.54, 1.807) is 6.33 Å². The predicted molar refractivity (Wildman–Crippen MR) is 88.3 cm³/mol. The number of nitrogens with one attached hydrogen (secondary N) is 1. The first-order valence-corrected chi connectivity index (χ1v) is 8.31. The van der Waals surface area contributed by atoms with Gasteiger partial charge < -0.3 is 20.4 Å². The van der Waals surface area contributed by atoms with E-state index in [0.29, 0.717) is 5.65 Å². The van der Waals surface area contributed by atoms with Crippen LogP contribution in [0.25, 0.3) is 11.2 Å². The van der Waals surface area contributed by atoms with Gasteiger partial charge in [-0.15, -0.1) is 0 Å². The molecule has 0 unspecified atom stereocenters. The molecule has 0 radical (unpaired) electrons. The Bertz CT molecular complexity index is 659. The highest BCUT2D eigenvalue weighted by Gasteiger charge is 2.25. The summed E-state index contributed by atoms with van der Waals surface area (Å²) in [5.41, 5.74) is 7.34. The summed E-state index contributed by atoms with van der Waals surface area (Å²) >= 11 is 0. The quantitative estimate of drug-likeness (QED) is 0.850. The highest BCUT2D eigenvalue weighted by molar-refractivity contribution is 5.84. The number of piperidine rings is 1. The SMILES string of the molecule is Nc1nc(N2CCC(CN3CCOCC3)CC2)c2[nH]cnc2n1. The van der Waals surface area contributed by atoms with Gasteiger partial charge in [-0.25, -0.2) is 4.98 Å². The minimum absolute atomic E-state index is 0.287. The van der Waals surface area contributed by atoms with Crippen molar-refractivity contribution in [1.82, 2.24) is 24.8 Å². The molecule has 0 atom stereocenters. The Kier molecular flexibility index (Phi) is 4.00. The van der Waals surface area contributed by atoms with Gasteiger partial charge in [-0.05, 0) is 18.8 Å². The Hall–Kier alpha value is -1.93. The van der Waals surface area contributed by atoms with Gasteiger partial charge >= 0.3 is 0 Å². The molecule has 2 aromatic heterocycles. The number of aromatic nitrogens is 4. The van der Waals surface area contributed by atoms with E-state index >= 15 is 0 Å². The van der Waals surface area contributed by atoms with Crippen LogP contribution in [-0.4, -0.2) is 70.8 Å².